The van der Waals surface area contributed by atoms with Gasteiger partial charge in [-0.3, -0.25) is 0 Å². The molecular formula is C16H34N2O. The first-order valence-corrected chi connectivity index (χ1v) is 8.30. The molecule has 0 saturated carbocycles. The Kier molecular flexibility index (Phi) is 10.4. The number of nitrogens with one attached hydrogen (secondary N) is 1. The van der Waals surface area contributed by atoms with E-state index in [9.17, 15) is 0 Å². The fourth-order valence-corrected chi connectivity index (χ4v) is 2.50. The maximum absolute atomic E-state index is 5.70. The van der Waals surface area contributed by atoms with Crippen LogP contribution in [-0.2, 0) is 4.74 Å². The summed E-state index contributed by atoms with van der Waals surface area (Å²) in [5.41, 5.74) is 0. The van der Waals surface area contributed by atoms with Gasteiger partial charge in [0.05, 0.1) is 6.61 Å². The van der Waals surface area contributed by atoms with Crippen LogP contribution in [0.5, 0.6) is 0 Å². The van der Waals surface area contributed by atoms with Crippen LogP contribution in [0.3, 0.4) is 0 Å². The van der Waals surface area contributed by atoms with Gasteiger partial charge >= 0.3 is 0 Å². The monoisotopic (exact) mass is 270 g/mol. The average molecular weight is 270 g/mol. The summed E-state index contributed by atoms with van der Waals surface area (Å²) in [5, 5.41) is 3.49. The minimum Gasteiger partial charge on any atom is -0.380 e. The molecule has 0 atom stereocenters. The van der Waals surface area contributed by atoms with Crippen LogP contribution in [0.25, 0.3) is 0 Å². The summed E-state index contributed by atoms with van der Waals surface area (Å²) in [6, 6.07) is 0. The highest BCUT2D eigenvalue weighted by molar-refractivity contribution is 4.65. The van der Waals surface area contributed by atoms with Crippen molar-refractivity contribution in [2.24, 2.45) is 5.92 Å². The van der Waals surface area contributed by atoms with Gasteiger partial charge in [0.25, 0.3) is 0 Å². The largest absolute Gasteiger partial charge is 0.380 e. The molecule has 0 aromatic heterocycles. The number of nitrogens with zero attached hydrogens (tertiary/aromatic N) is 1. The third kappa shape index (κ3) is 10.3. The van der Waals surface area contributed by atoms with E-state index >= 15 is 0 Å². The van der Waals surface area contributed by atoms with Crippen molar-refractivity contribution in [3.63, 3.8) is 0 Å². The Balaban J connectivity index is 1.69. The molecule has 3 heteroatoms. The van der Waals surface area contributed by atoms with Crippen LogP contribution in [0.1, 0.15) is 52.4 Å². The topological polar surface area (TPSA) is 24.5 Å². The van der Waals surface area contributed by atoms with Crippen molar-refractivity contribution < 1.29 is 4.74 Å². The van der Waals surface area contributed by atoms with Gasteiger partial charge in [-0.05, 0) is 57.8 Å². The van der Waals surface area contributed by atoms with Gasteiger partial charge in [-0.1, -0.05) is 26.7 Å². The Labute approximate surface area is 120 Å². The SMILES string of the molecule is CC(C)CNCCCCCCOCCN1CCCC1. The molecule has 1 aliphatic rings. The van der Waals surface area contributed by atoms with Gasteiger partial charge in [0.1, 0.15) is 0 Å². The highest BCUT2D eigenvalue weighted by Crippen LogP contribution is 2.06. The summed E-state index contributed by atoms with van der Waals surface area (Å²) in [6.45, 7) is 12.4. The Bertz CT molecular complexity index is 191. The molecule has 1 rings (SSSR count). The molecule has 3 nitrogen and oxygen atoms in total. The Morgan fingerprint density at radius 3 is 2.47 bits per heavy atom. The van der Waals surface area contributed by atoms with E-state index < -0.39 is 0 Å². The van der Waals surface area contributed by atoms with Crippen molar-refractivity contribution in [1.82, 2.24) is 10.2 Å². The predicted octanol–water partition coefficient (Wildman–Crippen LogP) is 2.90. The lowest BCUT2D eigenvalue weighted by molar-refractivity contribution is 0.108. The maximum atomic E-state index is 5.70. The summed E-state index contributed by atoms with van der Waals surface area (Å²) < 4.78 is 5.70. The molecule has 0 aromatic carbocycles. The number of unbranched alkanes of at least 4 members (excludes halogenated alkanes) is 3. The second kappa shape index (κ2) is 11.7. The van der Waals surface area contributed by atoms with Crippen molar-refractivity contribution in [1.29, 1.82) is 0 Å². The molecule has 0 amide bonds. The highest BCUT2D eigenvalue weighted by atomic mass is 16.5. The van der Waals surface area contributed by atoms with Crippen molar-refractivity contribution in [3.05, 3.63) is 0 Å². The Morgan fingerprint density at radius 1 is 1.00 bits per heavy atom. The first-order valence-electron chi connectivity index (χ1n) is 8.30. The quantitative estimate of drug-likeness (QED) is 0.552. The van der Waals surface area contributed by atoms with Crippen LogP contribution >= 0.6 is 0 Å². The fourth-order valence-electron chi connectivity index (χ4n) is 2.50. The summed E-state index contributed by atoms with van der Waals surface area (Å²) in [6.07, 6.45) is 7.94. The molecule has 1 aliphatic heterocycles. The molecule has 0 aromatic rings. The van der Waals surface area contributed by atoms with Crippen LogP contribution in [-0.4, -0.2) is 50.8 Å². The molecule has 19 heavy (non-hydrogen) atoms. The molecule has 0 spiro atoms. The normalized spacial score (nSPS) is 16.6. The molecule has 1 heterocycles. The second-order valence-corrected chi connectivity index (χ2v) is 6.17. The smallest absolute Gasteiger partial charge is 0.0593 e. The molecule has 0 aliphatic carbocycles. The second-order valence-electron chi connectivity index (χ2n) is 6.17. The molecule has 0 bridgehead atoms. The predicted molar refractivity (Wildman–Crippen MR) is 82.7 cm³/mol. The zero-order valence-electron chi connectivity index (χ0n) is 13.1. The lowest BCUT2D eigenvalue weighted by Gasteiger charge is -2.14. The van der Waals surface area contributed by atoms with Gasteiger partial charge in [-0.25, -0.2) is 0 Å². The van der Waals surface area contributed by atoms with Crippen LogP contribution in [0.15, 0.2) is 0 Å². The van der Waals surface area contributed by atoms with E-state index in [1.54, 1.807) is 0 Å². The molecule has 114 valence electrons. The van der Waals surface area contributed by atoms with Gasteiger partial charge < -0.3 is 15.0 Å². The third-order valence-corrected chi connectivity index (χ3v) is 3.70. The van der Waals surface area contributed by atoms with Crippen molar-refractivity contribution in [3.8, 4) is 0 Å². The number of ether oxygens (including phenoxy) is 1. The molecule has 1 N–H and O–H groups in total. The molecule has 0 unspecified atom stereocenters. The van der Waals surface area contributed by atoms with E-state index in [4.69, 9.17) is 4.74 Å². The van der Waals surface area contributed by atoms with Crippen molar-refractivity contribution in [2.75, 3.05) is 45.9 Å². The van der Waals surface area contributed by atoms with E-state index in [0.29, 0.717) is 0 Å². The first kappa shape index (κ1) is 16.9. The van der Waals surface area contributed by atoms with E-state index in [0.717, 1.165) is 32.2 Å². The maximum Gasteiger partial charge on any atom is 0.0593 e. The van der Waals surface area contributed by atoms with Crippen LogP contribution in [0, 0.1) is 5.92 Å². The van der Waals surface area contributed by atoms with E-state index in [2.05, 4.69) is 24.1 Å². The number of hydrogen-bond donors (Lipinski definition) is 1. The highest BCUT2D eigenvalue weighted by Gasteiger charge is 2.09. The van der Waals surface area contributed by atoms with Crippen LogP contribution in [0.2, 0.25) is 0 Å². The van der Waals surface area contributed by atoms with Crippen LogP contribution in [0.4, 0.5) is 0 Å². The summed E-state index contributed by atoms with van der Waals surface area (Å²) in [7, 11) is 0. The van der Waals surface area contributed by atoms with Gasteiger partial charge in [-0.15, -0.1) is 0 Å². The van der Waals surface area contributed by atoms with Gasteiger partial charge in [0.2, 0.25) is 0 Å². The molecule has 0 radical (unpaired) electrons. The molecule has 1 saturated heterocycles. The number of hydrogen-bond acceptors (Lipinski definition) is 3. The van der Waals surface area contributed by atoms with E-state index in [1.807, 2.05) is 0 Å². The third-order valence-electron chi connectivity index (χ3n) is 3.70. The standard InChI is InChI=1S/C16H34N2O/c1-16(2)15-17-9-5-3-4-8-13-19-14-12-18-10-6-7-11-18/h16-17H,3-15H2,1-2H3. The number of likely N-dealkylation sites (tertiary alicyclic amines) is 1. The van der Waals surface area contributed by atoms with Crippen LogP contribution < -0.4 is 5.32 Å². The Hall–Kier alpha value is -0.120. The molecular weight excluding hydrogens is 236 g/mol. The van der Waals surface area contributed by atoms with Crippen molar-refractivity contribution >= 4 is 0 Å². The lowest BCUT2D eigenvalue weighted by atomic mass is 10.2. The van der Waals surface area contributed by atoms with Gasteiger partial charge in [-0.2, -0.15) is 0 Å². The van der Waals surface area contributed by atoms with Gasteiger partial charge in [0.15, 0.2) is 0 Å². The zero-order valence-corrected chi connectivity index (χ0v) is 13.1. The van der Waals surface area contributed by atoms with E-state index in [-0.39, 0.29) is 0 Å². The van der Waals surface area contributed by atoms with Crippen molar-refractivity contribution in [2.45, 2.75) is 52.4 Å². The zero-order chi connectivity index (χ0) is 13.8. The Morgan fingerprint density at radius 2 is 1.74 bits per heavy atom. The minimum absolute atomic E-state index is 0.768. The summed E-state index contributed by atoms with van der Waals surface area (Å²) >= 11 is 0. The first-order chi connectivity index (χ1) is 9.29. The van der Waals surface area contributed by atoms with E-state index in [1.165, 1.54) is 58.2 Å². The fraction of sp³-hybridized carbons (Fsp3) is 1.00. The summed E-state index contributed by atoms with van der Waals surface area (Å²) in [4.78, 5) is 2.51. The van der Waals surface area contributed by atoms with Gasteiger partial charge in [0, 0.05) is 13.2 Å². The lowest BCUT2D eigenvalue weighted by Crippen LogP contribution is -2.24. The molecule has 1 fully saturated rings. The minimum atomic E-state index is 0.768. The number of rotatable bonds is 12. The summed E-state index contributed by atoms with van der Waals surface area (Å²) in [5.74, 6) is 0.768. The average Bonchev–Trinajstić information content (AvgIpc) is 2.88.